The highest BCUT2D eigenvalue weighted by atomic mass is 19.3. The van der Waals surface area contributed by atoms with Gasteiger partial charge in [0, 0.05) is 47.5 Å². The fourth-order valence-corrected chi connectivity index (χ4v) is 4.96. The molecule has 2 aliphatic carbocycles. The fourth-order valence-electron chi connectivity index (χ4n) is 4.96. The van der Waals surface area contributed by atoms with E-state index < -0.39 is 11.9 Å². The highest BCUT2D eigenvalue weighted by Gasteiger charge is 2.46. The molecule has 0 radical (unpaired) electrons. The number of aromatic amines is 1. The van der Waals surface area contributed by atoms with Crippen LogP contribution in [0.15, 0.2) is 17.1 Å². The number of carbonyl (C=O) groups is 1. The van der Waals surface area contributed by atoms with Crippen LogP contribution in [0.2, 0.25) is 0 Å². The van der Waals surface area contributed by atoms with E-state index in [1.807, 2.05) is 6.07 Å². The van der Waals surface area contributed by atoms with Crippen molar-refractivity contribution in [3.63, 3.8) is 0 Å². The number of nitrogens with one attached hydrogen (secondary N) is 1. The molecule has 0 unspecified atom stereocenters. The monoisotopic (exact) mass is 444 g/mol. The Hall–Kier alpha value is -2.57. The molecule has 2 aromatic rings. The van der Waals surface area contributed by atoms with Crippen LogP contribution < -0.4 is 5.43 Å². The number of ether oxygens (including phenoxy) is 1. The Morgan fingerprint density at radius 3 is 2.50 bits per heavy atom. The predicted molar refractivity (Wildman–Crippen MR) is 118 cm³/mol. The van der Waals surface area contributed by atoms with Crippen LogP contribution in [0.5, 0.6) is 0 Å². The van der Waals surface area contributed by atoms with Crippen molar-refractivity contribution in [1.29, 1.82) is 0 Å². The molecule has 0 aliphatic heterocycles. The van der Waals surface area contributed by atoms with Gasteiger partial charge in [-0.05, 0) is 51.2 Å². The Kier molecular flexibility index (Phi) is 6.19. The van der Waals surface area contributed by atoms with Crippen molar-refractivity contribution < 1.29 is 18.3 Å². The molecule has 0 spiro atoms. The van der Waals surface area contributed by atoms with Crippen LogP contribution in [0.4, 0.5) is 8.78 Å². The minimum absolute atomic E-state index is 0.0169. The van der Waals surface area contributed by atoms with Crippen LogP contribution in [0.1, 0.15) is 96.6 Å². The maximum atomic E-state index is 13.5. The molecular weight excluding hydrogens is 414 g/mol. The second-order valence-corrected chi connectivity index (χ2v) is 9.17. The SMILES string of the molecule is CCOC(=O)c1c(-c2cnc(C3CC(F)(F)C3)cc2C2CCCCC2)[nH]c(C)c(C)c1=O. The number of carbonyl (C=O) groups excluding carboxylic acids is 1. The highest BCUT2D eigenvalue weighted by molar-refractivity contribution is 5.96. The molecule has 1 N–H and O–H groups in total. The summed E-state index contributed by atoms with van der Waals surface area (Å²) in [5.74, 6) is -3.30. The lowest BCUT2D eigenvalue weighted by atomic mass is 9.76. The number of rotatable bonds is 5. The van der Waals surface area contributed by atoms with Gasteiger partial charge >= 0.3 is 5.97 Å². The van der Waals surface area contributed by atoms with Crippen LogP contribution in [0.3, 0.4) is 0 Å². The average Bonchev–Trinajstić information content (AvgIpc) is 2.76. The Morgan fingerprint density at radius 1 is 1.19 bits per heavy atom. The number of hydrogen-bond acceptors (Lipinski definition) is 4. The minimum atomic E-state index is -2.62. The summed E-state index contributed by atoms with van der Waals surface area (Å²) >= 11 is 0. The zero-order valence-electron chi connectivity index (χ0n) is 18.9. The smallest absolute Gasteiger partial charge is 0.344 e. The van der Waals surface area contributed by atoms with Crippen LogP contribution >= 0.6 is 0 Å². The summed E-state index contributed by atoms with van der Waals surface area (Å²) in [5, 5.41) is 0. The molecule has 0 atom stereocenters. The van der Waals surface area contributed by atoms with E-state index in [9.17, 15) is 18.4 Å². The first kappa shape index (κ1) is 22.6. The van der Waals surface area contributed by atoms with Crippen molar-refractivity contribution in [2.45, 2.75) is 83.5 Å². The number of H-pyrrole nitrogens is 1. The van der Waals surface area contributed by atoms with E-state index in [-0.39, 0.29) is 42.3 Å². The molecular formula is C25H30F2N2O3. The number of alkyl halides is 2. The van der Waals surface area contributed by atoms with Gasteiger partial charge in [0.2, 0.25) is 5.92 Å². The number of pyridine rings is 2. The lowest BCUT2D eigenvalue weighted by molar-refractivity contribution is -0.0876. The van der Waals surface area contributed by atoms with Gasteiger partial charge in [0.05, 0.1) is 12.3 Å². The van der Waals surface area contributed by atoms with Gasteiger partial charge in [-0.2, -0.15) is 0 Å². The summed E-state index contributed by atoms with van der Waals surface area (Å²) in [6.07, 6.45) is 6.62. The summed E-state index contributed by atoms with van der Waals surface area (Å²) in [7, 11) is 0. The van der Waals surface area contributed by atoms with E-state index in [2.05, 4.69) is 9.97 Å². The van der Waals surface area contributed by atoms with Crippen LogP contribution in [-0.4, -0.2) is 28.5 Å². The van der Waals surface area contributed by atoms with Crippen molar-refractivity contribution in [3.05, 3.63) is 50.6 Å². The molecule has 7 heteroatoms. The molecule has 0 bridgehead atoms. The Labute approximate surface area is 186 Å². The zero-order chi connectivity index (χ0) is 23.0. The summed E-state index contributed by atoms with van der Waals surface area (Å²) in [5.41, 5.74) is 3.53. The lowest BCUT2D eigenvalue weighted by Crippen LogP contribution is -2.34. The topological polar surface area (TPSA) is 72.0 Å². The van der Waals surface area contributed by atoms with Crippen molar-refractivity contribution in [2.24, 2.45) is 0 Å². The second-order valence-electron chi connectivity index (χ2n) is 9.17. The van der Waals surface area contributed by atoms with Crippen molar-refractivity contribution in [2.75, 3.05) is 6.61 Å². The number of nitrogens with zero attached hydrogens (tertiary/aromatic N) is 1. The largest absolute Gasteiger partial charge is 0.462 e. The quantitative estimate of drug-likeness (QED) is 0.593. The van der Waals surface area contributed by atoms with E-state index >= 15 is 0 Å². The van der Waals surface area contributed by atoms with Gasteiger partial charge in [-0.1, -0.05) is 19.3 Å². The normalized spacial score (nSPS) is 18.9. The summed E-state index contributed by atoms with van der Waals surface area (Å²) in [6, 6.07) is 1.94. The summed E-state index contributed by atoms with van der Waals surface area (Å²) in [6.45, 7) is 5.34. The summed E-state index contributed by atoms with van der Waals surface area (Å²) in [4.78, 5) is 33.6. The molecule has 0 amide bonds. The Bertz CT molecular complexity index is 1080. The molecule has 4 rings (SSSR count). The minimum Gasteiger partial charge on any atom is -0.462 e. The molecule has 2 fully saturated rings. The van der Waals surface area contributed by atoms with E-state index in [1.54, 1.807) is 27.0 Å². The second kappa shape index (κ2) is 8.75. The molecule has 2 saturated carbocycles. The van der Waals surface area contributed by atoms with Crippen molar-refractivity contribution in [3.8, 4) is 11.3 Å². The highest BCUT2D eigenvalue weighted by Crippen LogP contribution is 2.49. The van der Waals surface area contributed by atoms with Gasteiger partial charge in [0.1, 0.15) is 5.56 Å². The molecule has 0 aromatic carbocycles. The first-order chi connectivity index (χ1) is 15.2. The molecule has 2 aromatic heterocycles. The molecule has 0 saturated heterocycles. The number of halogens is 2. The molecule has 2 aliphatic rings. The molecule has 5 nitrogen and oxygen atoms in total. The lowest BCUT2D eigenvalue weighted by Gasteiger charge is -2.35. The standard InChI is InChI=1S/C25H30F2N2O3/c1-4-32-24(31)21-22(29-15(3)14(2)23(21)30)19-13-28-20(17-11-25(26,27)12-17)10-18(19)16-8-6-5-7-9-16/h10,13,16-17H,4-9,11-12H2,1-3H3,(H,29,30). The predicted octanol–water partition coefficient (Wildman–Crippen LogP) is 5.79. The number of aromatic nitrogens is 2. The van der Waals surface area contributed by atoms with Crippen LogP contribution in [-0.2, 0) is 4.74 Å². The van der Waals surface area contributed by atoms with Gasteiger partial charge in [0.25, 0.3) is 0 Å². The maximum Gasteiger partial charge on any atom is 0.344 e. The van der Waals surface area contributed by atoms with Gasteiger partial charge in [-0.15, -0.1) is 0 Å². The third kappa shape index (κ3) is 4.21. The maximum absolute atomic E-state index is 13.5. The summed E-state index contributed by atoms with van der Waals surface area (Å²) < 4.78 is 32.2. The fraction of sp³-hybridized carbons (Fsp3) is 0.560. The third-order valence-electron chi connectivity index (χ3n) is 6.95. The van der Waals surface area contributed by atoms with E-state index in [1.165, 1.54) is 6.42 Å². The number of aryl methyl sites for hydroxylation is 1. The van der Waals surface area contributed by atoms with Gasteiger partial charge < -0.3 is 9.72 Å². The first-order valence-corrected chi connectivity index (χ1v) is 11.5. The van der Waals surface area contributed by atoms with E-state index in [0.717, 1.165) is 31.2 Å². The average molecular weight is 445 g/mol. The van der Waals surface area contributed by atoms with Gasteiger partial charge in [-0.3, -0.25) is 9.78 Å². The molecule has 2 heterocycles. The molecule has 172 valence electrons. The van der Waals surface area contributed by atoms with Crippen molar-refractivity contribution in [1.82, 2.24) is 9.97 Å². The Morgan fingerprint density at radius 2 is 1.88 bits per heavy atom. The third-order valence-corrected chi connectivity index (χ3v) is 6.95. The number of esters is 1. The van der Waals surface area contributed by atoms with Crippen LogP contribution in [0.25, 0.3) is 11.3 Å². The Balaban J connectivity index is 1.87. The number of hydrogen-bond donors (Lipinski definition) is 1. The molecule has 32 heavy (non-hydrogen) atoms. The van der Waals surface area contributed by atoms with E-state index in [4.69, 9.17) is 4.74 Å². The first-order valence-electron chi connectivity index (χ1n) is 11.5. The van der Waals surface area contributed by atoms with Crippen molar-refractivity contribution >= 4 is 5.97 Å². The van der Waals surface area contributed by atoms with E-state index in [0.29, 0.717) is 28.2 Å². The van der Waals surface area contributed by atoms with Gasteiger partial charge in [0.15, 0.2) is 5.43 Å². The zero-order valence-corrected chi connectivity index (χ0v) is 18.9. The van der Waals surface area contributed by atoms with Gasteiger partial charge in [-0.25, -0.2) is 13.6 Å². The van der Waals surface area contributed by atoms with Crippen LogP contribution in [0, 0.1) is 13.8 Å².